The standard InChI is InChI=1S/C15H26N2O2/c1-3-17(11-14-5-4-10-19-14)15(12-16)8-6-13(18-2)7-9-15/h4-5,10,13H,3,6-9,11-12,16H2,1-2H3. The maximum atomic E-state index is 6.12. The number of ether oxygens (including phenoxy) is 1. The van der Waals surface area contributed by atoms with Crippen LogP contribution in [0.25, 0.3) is 0 Å². The van der Waals surface area contributed by atoms with Crippen molar-refractivity contribution in [2.45, 2.75) is 50.8 Å². The molecule has 1 aliphatic carbocycles. The first kappa shape index (κ1) is 14.6. The minimum Gasteiger partial charge on any atom is -0.468 e. The molecule has 1 saturated carbocycles. The number of hydrogen-bond donors (Lipinski definition) is 1. The van der Waals surface area contributed by atoms with E-state index in [0.717, 1.165) is 44.5 Å². The van der Waals surface area contributed by atoms with Crippen LogP contribution in [0.1, 0.15) is 38.4 Å². The summed E-state index contributed by atoms with van der Waals surface area (Å²) in [5, 5.41) is 0. The van der Waals surface area contributed by atoms with Crippen LogP contribution in [0.5, 0.6) is 0 Å². The molecule has 19 heavy (non-hydrogen) atoms. The minimum absolute atomic E-state index is 0.108. The second kappa shape index (κ2) is 6.55. The highest BCUT2D eigenvalue weighted by molar-refractivity contribution is 5.02. The van der Waals surface area contributed by atoms with Gasteiger partial charge in [-0.1, -0.05) is 6.92 Å². The Bertz CT molecular complexity index is 356. The zero-order valence-electron chi connectivity index (χ0n) is 12.1. The van der Waals surface area contributed by atoms with Gasteiger partial charge in [0.2, 0.25) is 0 Å². The fourth-order valence-corrected chi connectivity index (χ4v) is 3.22. The van der Waals surface area contributed by atoms with Crippen molar-refractivity contribution in [3.63, 3.8) is 0 Å². The third kappa shape index (κ3) is 3.19. The summed E-state index contributed by atoms with van der Waals surface area (Å²) in [4.78, 5) is 2.47. The summed E-state index contributed by atoms with van der Waals surface area (Å²) in [5.41, 5.74) is 6.23. The summed E-state index contributed by atoms with van der Waals surface area (Å²) >= 11 is 0. The molecule has 1 aromatic heterocycles. The van der Waals surface area contributed by atoms with Crippen molar-refractivity contribution < 1.29 is 9.15 Å². The Labute approximate surface area is 115 Å². The molecule has 0 saturated heterocycles. The van der Waals surface area contributed by atoms with Gasteiger partial charge in [-0.2, -0.15) is 0 Å². The second-order valence-electron chi connectivity index (χ2n) is 5.46. The zero-order valence-corrected chi connectivity index (χ0v) is 12.1. The molecule has 0 atom stereocenters. The molecule has 0 bridgehead atoms. The van der Waals surface area contributed by atoms with Crippen LogP contribution in [0.4, 0.5) is 0 Å². The molecule has 1 fully saturated rings. The van der Waals surface area contributed by atoms with Gasteiger partial charge in [-0.15, -0.1) is 0 Å². The monoisotopic (exact) mass is 266 g/mol. The second-order valence-corrected chi connectivity index (χ2v) is 5.46. The lowest BCUT2D eigenvalue weighted by atomic mass is 9.78. The van der Waals surface area contributed by atoms with Gasteiger partial charge in [0.05, 0.1) is 18.9 Å². The fraction of sp³-hybridized carbons (Fsp3) is 0.733. The van der Waals surface area contributed by atoms with Crippen LogP contribution < -0.4 is 5.73 Å². The van der Waals surface area contributed by atoms with E-state index in [4.69, 9.17) is 14.9 Å². The van der Waals surface area contributed by atoms with Crippen LogP contribution in [-0.4, -0.2) is 36.7 Å². The lowest BCUT2D eigenvalue weighted by Crippen LogP contribution is -2.55. The Balaban J connectivity index is 2.05. The van der Waals surface area contributed by atoms with Gasteiger partial charge in [0.25, 0.3) is 0 Å². The van der Waals surface area contributed by atoms with Crippen LogP contribution in [0.3, 0.4) is 0 Å². The van der Waals surface area contributed by atoms with E-state index >= 15 is 0 Å². The molecule has 1 aromatic rings. The topological polar surface area (TPSA) is 51.6 Å². The third-order valence-corrected chi connectivity index (χ3v) is 4.56. The van der Waals surface area contributed by atoms with E-state index in [1.807, 2.05) is 12.1 Å². The minimum atomic E-state index is 0.108. The van der Waals surface area contributed by atoms with Gasteiger partial charge in [0.1, 0.15) is 5.76 Å². The van der Waals surface area contributed by atoms with Crippen LogP contribution in [0.15, 0.2) is 22.8 Å². The maximum Gasteiger partial charge on any atom is 0.117 e. The first-order valence-electron chi connectivity index (χ1n) is 7.24. The highest BCUT2D eigenvalue weighted by Gasteiger charge is 2.38. The van der Waals surface area contributed by atoms with Crippen molar-refractivity contribution in [3.8, 4) is 0 Å². The summed E-state index contributed by atoms with van der Waals surface area (Å²) in [5.74, 6) is 1.02. The lowest BCUT2D eigenvalue weighted by molar-refractivity contribution is -0.0108. The van der Waals surface area contributed by atoms with Crippen molar-refractivity contribution in [2.75, 3.05) is 20.2 Å². The van der Waals surface area contributed by atoms with Crippen molar-refractivity contribution >= 4 is 0 Å². The average Bonchev–Trinajstić information content (AvgIpc) is 2.98. The van der Waals surface area contributed by atoms with Crippen molar-refractivity contribution in [1.82, 2.24) is 4.90 Å². The van der Waals surface area contributed by atoms with Crippen molar-refractivity contribution in [1.29, 1.82) is 0 Å². The summed E-state index contributed by atoms with van der Waals surface area (Å²) in [6.45, 7) is 4.74. The summed E-state index contributed by atoms with van der Waals surface area (Å²) < 4.78 is 11.0. The molecule has 108 valence electrons. The largest absolute Gasteiger partial charge is 0.468 e. The van der Waals surface area contributed by atoms with Gasteiger partial charge in [0.15, 0.2) is 0 Å². The number of likely N-dealkylation sites (N-methyl/N-ethyl adjacent to an activating group) is 1. The highest BCUT2D eigenvalue weighted by Crippen LogP contribution is 2.35. The van der Waals surface area contributed by atoms with Crippen LogP contribution >= 0.6 is 0 Å². The molecule has 0 spiro atoms. The molecule has 4 heteroatoms. The number of hydrogen-bond acceptors (Lipinski definition) is 4. The SMILES string of the molecule is CCN(Cc1ccco1)C1(CN)CCC(OC)CC1. The Kier molecular flexibility index (Phi) is 5.02. The first-order chi connectivity index (χ1) is 9.24. The van der Waals surface area contributed by atoms with Crippen LogP contribution in [0, 0.1) is 0 Å². The van der Waals surface area contributed by atoms with E-state index < -0.39 is 0 Å². The van der Waals surface area contributed by atoms with Crippen LogP contribution in [0.2, 0.25) is 0 Å². The number of nitrogens with zero attached hydrogens (tertiary/aromatic N) is 1. The maximum absolute atomic E-state index is 6.12. The van der Waals surface area contributed by atoms with Gasteiger partial charge in [0, 0.05) is 19.2 Å². The predicted octanol–water partition coefficient (Wildman–Crippen LogP) is 2.39. The molecule has 0 amide bonds. The molecule has 2 N–H and O–H groups in total. The Hall–Kier alpha value is -0.840. The molecule has 0 unspecified atom stereocenters. The van der Waals surface area contributed by atoms with E-state index in [9.17, 15) is 0 Å². The quantitative estimate of drug-likeness (QED) is 0.859. The summed E-state index contributed by atoms with van der Waals surface area (Å²) in [6.07, 6.45) is 6.56. The van der Waals surface area contributed by atoms with E-state index in [-0.39, 0.29) is 5.54 Å². The highest BCUT2D eigenvalue weighted by atomic mass is 16.5. The number of nitrogens with two attached hydrogens (primary N) is 1. The van der Waals surface area contributed by atoms with Gasteiger partial charge >= 0.3 is 0 Å². The van der Waals surface area contributed by atoms with E-state index in [1.54, 1.807) is 13.4 Å². The first-order valence-corrected chi connectivity index (χ1v) is 7.24. The smallest absolute Gasteiger partial charge is 0.117 e. The van der Waals surface area contributed by atoms with Gasteiger partial charge in [-0.05, 0) is 44.4 Å². The lowest BCUT2D eigenvalue weighted by Gasteiger charge is -2.46. The summed E-state index contributed by atoms with van der Waals surface area (Å²) in [6, 6.07) is 3.98. The van der Waals surface area contributed by atoms with Gasteiger partial charge < -0.3 is 14.9 Å². The molecule has 1 heterocycles. The van der Waals surface area contributed by atoms with E-state index in [1.165, 1.54) is 0 Å². The molecule has 0 aliphatic heterocycles. The van der Waals surface area contributed by atoms with E-state index in [0.29, 0.717) is 12.6 Å². The average molecular weight is 266 g/mol. The van der Waals surface area contributed by atoms with Crippen molar-refractivity contribution in [2.24, 2.45) is 5.73 Å². The summed E-state index contributed by atoms with van der Waals surface area (Å²) in [7, 11) is 1.81. The molecule has 1 aliphatic rings. The molecule has 2 rings (SSSR count). The number of methoxy groups -OCH3 is 1. The Morgan fingerprint density at radius 2 is 2.21 bits per heavy atom. The molecule has 0 radical (unpaired) electrons. The van der Waals surface area contributed by atoms with Crippen molar-refractivity contribution in [3.05, 3.63) is 24.2 Å². The Morgan fingerprint density at radius 3 is 2.68 bits per heavy atom. The zero-order chi connectivity index (χ0) is 13.7. The molecular weight excluding hydrogens is 240 g/mol. The molecule has 0 aromatic carbocycles. The number of rotatable bonds is 6. The van der Waals surface area contributed by atoms with Gasteiger partial charge in [-0.25, -0.2) is 0 Å². The third-order valence-electron chi connectivity index (χ3n) is 4.56. The predicted molar refractivity (Wildman–Crippen MR) is 75.8 cm³/mol. The number of furan rings is 1. The van der Waals surface area contributed by atoms with Gasteiger partial charge in [-0.3, -0.25) is 4.90 Å². The van der Waals surface area contributed by atoms with E-state index in [2.05, 4.69) is 11.8 Å². The normalized spacial score (nSPS) is 27.9. The Morgan fingerprint density at radius 1 is 1.47 bits per heavy atom. The van der Waals surface area contributed by atoms with Crippen LogP contribution in [-0.2, 0) is 11.3 Å². The molecular formula is C15H26N2O2. The fourth-order valence-electron chi connectivity index (χ4n) is 3.22. The molecule has 4 nitrogen and oxygen atoms in total.